The predicted molar refractivity (Wildman–Crippen MR) is 95.9 cm³/mol. The van der Waals surface area contributed by atoms with Gasteiger partial charge in [0.05, 0.1) is 18.1 Å². The molecule has 0 unspecified atom stereocenters. The quantitative estimate of drug-likeness (QED) is 0.392. The summed E-state index contributed by atoms with van der Waals surface area (Å²) >= 11 is 0. The van der Waals surface area contributed by atoms with Gasteiger partial charge in [0.1, 0.15) is 35.8 Å². The van der Waals surface area contributed by atoms with Crippen molar-refractivity contribution in [2.45, 2.75) is 81.9 Å². The van der Waals surface area contributed by atoms with Crippen LogP contribution >= 0.6 is 0 Å². The van der Waals surface area contributed by atoms with E-state index in [-0.39, 0.29) is 11.7 Å². The fourth-order valence-electron chi connectivity index (χ4n) is 5.85. The molecule has 8 nitrogen and oxygen atoms in total. The van der Waals surface area contributed by atoms with E-state index in [1.807, 2.05) is 13.0 Å². The molecular weight excluding hydrogens is 368 g/mol. The molecule has 2 saturated carbocycles. The Morgan fingerprint density at radius 1 is 1.21 bits per heavy atom. The van der Waals surface area contributed by atoms with Gasteiger partial charge < -0.3 is 35.0 Å². The van der Waals surface area contributed by atoms with Gasteiger partial charge in [-0.15, -0.1) is 0 Å². The molecule has 9 atom stereocenters. The number of carbonyl (C=O) groups excluding carboxylic acids is 1. The van der Waals surface area contributed by atoms with Crippen molar-refractivity contribution in [1.82, 2.24) is 0 Å². The molecule has 0 aromatic rings. The molecule has 1 spiro atoms. The minimum Gasteiger partial charge on any atom is -0.394 e. The number of fused-ring (bicyclic) bond motifs is 1. The van der Waals surface area contributed by atoms with E-state index in [4.69, 9.17) is 9.47 Å². The molecule has 3 aliphatic carbocycles. The summed E-state index contributed by atoms with van der Waals surface area (Å²) in [5.74, 6) is -1.27. The molecule has 4 rings (SSSR count). The van der Waals surface area contributed by atoms with E-state index >= 15 is 0 Å². The van der Waals surface area contributed by atoms with Crippen molar-refractivity contribution in [2.75, 3.05) is 6.61 Å². The smallest absolute Gasteiger partial charge is 0.187 e. The Bertz CT molecular complexity index is 696. The number of carbonyl (C=O) groups is 1. The number of hydrogen-bond donors (Lipinski definition) is 5. The highest BCUT2D eigenvalue weighted by atomic mass is 16.7. The largest absolute Gasteiger partial charge is 0.394 e. The van der Waals surface area contributed by atoms with Gasteiger partial charge in [-0.3, -0.25) is 4.79 Å². The van der Waals surface area contributed by atoms with Gasteiger partial charge >= 0.3 is 0 Å². The van der Waals surface area contributed by atoms with E-state index < -0.39 is 59.8 Å². The summed E-state index contributed by atoms with van der Waals surface area (Å²) in [7, 11) is 0. The molecule has 3 fully saturated rings. The van der Waals surface area contributed by atoms with Crippen LogP contribution in [0.25, 0.3) is 0 Å². The average molecular weight is 398 g/mol. The molecule has 0 radical (unpaired) electrons. The highest BCUT2D eigenvalue weighted by molar-refractivity contribution is 5.89. The molecule has 1 saturated heterocycles. The number of ether oxygens (including phenoxy) is 2. The maximum Gasteiger partial charge on any atom is 0.187 e. The van der Waals surface area contributed by atoms with Crippen molar-refractivity contribution < 1.29 is 39.8 Å². The third kappa shape index (κ3) is 2.52. The second-order valence-electron chi connectivity index (χ2n) is 9.27. The van der Waals surface area contributed by atoms with Crippen LogP contribution in [0.15, 0.2) is 11.6 Å². The molecule has 0 amide bonds. The molecule has 0 bridgehead atoms. The molecule has 8 heteroatoms. The van der Waals surface area contributed by atoms with Crippen LogP contribution < -0.4 is 0 Å². The van der Waals surface area contributed by atoms with Gasteiger partial charge in [0.25, 0.3) is 0 Å². The summed E-state index contributed by atoms with van der Waals surface area (Å²) in [6, 6.07) is 0. The van der Waals surface area contributed by atoms with Crippen molar-refractivity contribution in [3.63, 3.8) is 0 Å². The Kier molecular flexibility index (Phi) is 4.60. The van der Waals surface area contributed by atoms with Crippen LogP contribution in [0.3, 0.4) is 0 Å². The first-order valence-corrected chi connectivity index (χ1v) is 9.95. The molecule has 4 aliphatic rings. The van der Waals surface area contributed by atoms with Crippen LogP contribution in [0.1, 0.15) is 40.0 Å². The lowest BCUT2D eigenvalue weighted by atomic mass is 9.61. The monoisotopic (exact) mass is 398 g/mol. The minimum absolute atomic E-state index is 0.0929. The summed E-state index contributed by atoms with van der Waals surface area (Å²) in [6.45, 7) is 4.83. The van der Waals surface area contributed by atoms with Crippen molar-refractivity contribution in [1.29, 1.82) is 0 Å². The maximum absolute atomic E-state index is 13.0. The zero-order valence-corrected chi connectivity index (χ0v) is 16.4. The zero-order chi connectivity index (χ0) is 20.6. The number of hydrogen-bond acceptors (Lipinski definition) is 8. The van der Waals surface area contributed by atoms with Crippen molar-refractivity contribution in [3.05, 3.63) is 11.6 Å². The van der Waals surface area contributed by atoms with Gasteiger partial charge in [-0.1, -0.05) is 18.6 Å². The fraction of sp³-hybridized carbons (Fsp3) is 0.850. The summed E-state index contributed by atoms with van der Waals surface area (Å²) in [5, 5.41) is 51.4. The van der Waals surface area contributed by atoms with Gasteiger partial charge in [0.15, 0.2) is 6.29 Å². The first kappa shape index (κ1) is 20.4. The molecule has 0 aromatic carbocycles. The van der Waals surface area contributed by atoms with Crippen molar-refractivity contribution >= 4 is 5.78 Å². The molecule has 158 valence electrons. The Morgan fingerprint density at radius 2 is 1.86 bits per heavy atom. The van der Waals surface area contributed by atoms with Gasteiger partial charge in [0, 0.05) is 11.3 Å². The van der Waals surface area contributed by atoms with Gasteiger partial charge in [-0.2, -0.15) is 0 Å². The lowest BCUT2D eigenvalue weighted by Crippen LogP contribution is -2.64. The Hall–Kier alpha value is -0.870. The van der Waals surface area contributed by atoms with Crippen LogP contribution in [-0.2, 0) is 14.3 Å². The van der Waals surface area contributed by atoms with E-state index in [9.17, 15) is 30.3 Å². The standard InChI is InChI=1S/C20H30O8/c1-9-6-20(28-17-15(25)14(24)13(23)11(8-21)27-17)7-10(2)19(4-5-19)18(3,26)16(20)12(9)22/h7,9,11,13-17,21,23-26H,4-6,8H2,1-3H3/t9-,11-,13-,14+,15-,16-,17+,18-,20+/m1/s1. The predicted octanol–water partition coefficient (Wildman–Crippen LogP) is -0.742. The van der Waals surface area contributed by atoms with Crippen LogP contribution in [-0.4, -0.2) is 79.8 Å². The van der Waals surface area contributed by atoms with Crippen LogP contribution in [0, 0.1) is 17.3 Å². The summed E-state index contributed by atoms with van der Waals surface area (Å²) in [4.78, 5) is 13.0. The van der Waals surface area contributed by atoms with Crippen LogP contribution in [0.4, 0.5) is 0 Å². The highest BCUT2D eigenvalue weighted by Gasteiger charge is 2.72. The van der Waals surface area contributed by atoms with Crippen LogP contribution in [0.5, 0.6) is 0 Å². The van der Waals surface area contributed by atoms with Gasteiger partial charge in [0.2, 0.25) is 0 Å². The van der Waals surface area contributed by atoms with Crippen molar-refractivity contribution in [3.8, 4) is 0 Å². The molecule has 28 heavy (non-hydrogen) atoms. The maximum atomic E-state index is 13.0. The number of rotatable bonds is 3. The van der Waals surface area contributed by atoms with Crippen molar-refractivity contribution in [2.24, 2.45) is 17.3 Å². The van der Waals surface area contributed by atoms with Crippen LogP contribution in [0.2, 0.25) is 0 Å². The fourth-order valence-corrected chi connectivity index (χ4v) is 5.85. The Morgan fingerprint density at radius 3 is 2.43 bits per heavy atom. The Balaban J connectivity index is 1.73. The van der Waals surface area contributed by atoms with E-state index in [2.05, 4.69) is 0 Å². The molecule has 5 N–H and O–H groups in total. The molecule has 1 heterocycles. The minimum atomic E-state index is -1.57. The third-order valence-electron chi connectivity index (χ3n) is 7.56. The average Bonchev–Trinajstić information content (AvgIpc) is 3.39. The van der Waals surface area contributed by atoms with E-state index in [1.165, 1.54) is 0 Å². The molecular formula is C20H30O8. The number of Topliss-reactive ketones (excluding diaryl/α,β-unsaturated/α-hetero) is 1. The second kappa shape index (κ2) is 6.31. The number of ketones is 1. The lowest BCUT2D eigenvalue weighted by Gasteiger charge is -2.52. The lowest BCUT2D eigenvalue weighted by molar-refractivity contribution is -0.330. The van der Waals surface area contributed by atoms with Gasteiger partial charge in [-0.05, 0) is 33.1 Å². The molecule has 0 aromatic heterocycles. The summed E-state index contributed by atoms with van der Waals surface area (Å²) < 4.78 is 11.7. The molecule has 1 aliphatic heterocycles. The second-order valence-corrected chi connectivity index (χ2v) is 9.27. The zero-order valence-electron chi connectivity index (χ0n) is 16.4. The Labute approximate surface area is 163 Å². The number of aliphatic hydroxyl groups is 5. The third-order valence-corrected chi connectivity index (χ3v) is 7.56. The van der Waals surface area contributed by atoms with E-state index in [1.54, 1.807) is 13.8 Å². The summed E-state index contributed by atoms with van der Waals surface area (Å²) in [5.41, 5.74) is -1.98. The number of aliphatic hydroxyl groups excluding tert-OH is 4. The summed E-state index contributed by atoms with van der Waals surface area (Å²) in [6.07, 6.45) is -3.27. The highest BCUT2D eigenvalue weighted by Crippen LogP contribution is 2.68. The topological polar surface area (TPSA) is 137 Å². The first-order chi connectivity index (χ1) is 13.0. The van der Waals surface area contributed by atoms with E-state index in [0.29, 0.717) is 6.42 Å². The normalized spacial score (nSPS) is 52.5. The first-order valence-electron chi connectivity index (χ1n) is 9.95. The SMILES string of the molecule is CC1=C[C@@]2(O[C@@H]3O[C@H](CO)[C@@H](O)[C@H](O)[C@H]3O)C[C@@H](C)C(=O)[C@@H]2[C@@](C)(O)C12CC2. The van der Waals surface area contributed by atoms with Gasteiger partial charge in [-0.25, -0.2) is 0 Å². The van der Waals surface area contributed by atoms with E-state index in [0.717, 1.165) is 18.4 Å².